The van der Waals surface area contributed by atoms with Gasteiger partial charge < -0.3 is 5.32 Å². The topological polar surface area (TPSA) is 12.0 Å². The van der Waals surface area contributed by atoms with E-state index in [9.17, 15) is 8.78 Å². The van der Waals surface area contributed by atoms with E-state index in [0.29, 0.717) is 0 Å². The molecule has 1 nitrogen and oxygen atoms in total. The lowest BCUT2D eigenvalue weighted by Crippen LogP contribution is -2.08. The third-order valence-electron chi connectivity index (χ3n) is 3.13. The van der Waals surface area contributed by atoms with E-state index in [1.54, 1.807) is 17.4 Å². The van der Waals surface area contributed by atoms with E-state index in [0.717, 1.165) is 28.8 Å². The van der Waals surface area contributed by atoms with Crippen molar-refractivity contribution in [2.24, 2.45) is 0 Å². The van der Waals surface area contributed by atoms with Crippen molar-refractivity contribution in [3.63, 3.8) is 0 Å². The first-order valence-electron chi connectivity index (χ1n) is 5.64. The normalized spacial score (nSPS) is 17.8. The molecule has 0 aliphatic heterocycles. The van der Waals surface area contributed by atoms with Crippen molar-refractivity contribution in [3.8, 4) is 0 Å². The molecule has 3 rings (SSSR count). The molecular weight excluding hydrogens is 276 g/mol. The Hall–Kier alpha value is -1.13. The maximum Gasteiger partial charge on any atom is 0.181 e. The third-order valence-corrected chi connectivity index (χ3v) is 4.47. The summed E-state index contributed by atoms with van der Waals surface area (Å²) < 4.78 is 27.4. The average Bonchev–Trinajstić information content (AvgIpc) is 2.86. The zero-order valence-electron chi connectivity index (χ0n) is 9.34. The third kappa shape index (κ3) is 1.99. The van der Waals surface area contributed by atoms with Crippen molar-refractivity contribution < 1.29 is 8.78 Å². The Labute approximate surface area is 112 Å². The fourth-order valence-electron chi connectivity index (χ4n) is 2.28. The summed E-state index contributed by atoms with van der Waals surface area (Å²) in [6.07, 6.45) is 1.82. The number of nitrogens with one attached hydrogen (secondary N) is 1. The minimum absolute atomic E-state index is 0.0139. The van der Waals surface area contributed by atoms with Gasteiger partial charge in [0.15, 0.2) is 11.6 Å². The molecule has 1 aliphatic rings. The number of rotatable bonds is 2. The number of anilines is 1. The quantitative estimate of drug-likeness (QED) is 0.837. The van der Waals surface area contributed by atoms with Gasteiger partial charge in [0.2, 0.25) is 0 Å². The lowest BCUT2D eigenvalue weighted by atomic mass is 10.1. The molecule has 1 aliphatic carbocycles. The molecule has 18 heavy (non-hydrogen) atoms. The van der Waals surface area contributed by atoms with Crippen LogP contribution in [0.25, 0.3) is 0 Å². The number of halogens is 3. The van der Waals surface area contributed by atoms with Crippen LogP contribution in [0.3, 0.4) is 0 Å². The largest absolute Gasteiger partial charge is 0.376 e. The van der Waals surface area contributed by atoms with E-state index in [1.807, 2.05) is 6.07 Å². The molecule has 0 spiro atoms. The van der Waals surface area contributed by atoms with Gasteiger partial charge in [-0.2, -0.15) is 0 Å². The first-order valence-corrected chi connectivity index (χ1v) is 6.83. The molecule has 0 amide bonds. The summed E-state index contributed by atoms with van der Waals surface area (Å²) in [5.41, 5.74) is 1.31. The van der Waals surface area contributed by atoms with Crippen molar-refractivity contribution in [2.75, 3.05) is 5.32 Å². The number of aryl methyl sites for hydroxylation is 1. The van der Waals surface area contributed by atoms with Crippen LogP contribution in [0.5, 0.6) is 0 Å². The second-order valence-corrected chi connectivity index (χ2v) is 6.03. The Bertz CT molecular complexity index is 597. The Balaban J connectivity index is 1.88. The Morgan fingerprint density at radius 3 is 3.00 bits per heavy atom. The fraction of sp³-hybridized carbons (Fsp3) is 0.231. The van der Waals surface area contributed by atoms with Crippen LogP contribution in [0.1, 0.15) is 22.9 Å². The molecule has 2 aromatic rings. The monoisotopic (exact) mass is 285 g/mol. The molecule has 0 fully saturated rings. The van der Waals surface area contributed by atoms with Crippen LogP contribution in [-0.4, -0.2) is 0 Å². The van der Waals surface area contributed by atoms with Crippen molar-refractivity contribution in [2.45, 2.75) is 18.9 Å². The zero-order valence-corrected chi connectivity index (χ0v) is 10.9. The number of benzene rings is 1. The predicted octanol–water partition coefficient (Wildman–Crippen LogP) is 4.78. The highest BCUT2D eigenvalue weighted by Gasteiger charge is 2.25. The van der Waals surface area contributed by atoms with E-state index in [2.05, 4.69) is 5.32 Å². The van der Waals surface area contributed by atoms with Crippen LogP contribution >= 0.6 is 22.9 Å². The SMILES string of the molecule is Fc1cccc(NC2CCc3sc(Cl)cc32)c1F. The lowest BCUT2D eigenvalue weighted by Gasteiger charge is -2.15. The summed E-state index contributed by atoms with van der Waals surface area (Å²) >= 11 is 7.52. The second kappa shape index (κ2) is 4.52. The molecule has 1 atom stereocenters. The minimum atomic E-state index is -0.832. The van der Waals surface area contributed by atoms with Crippen LogP contribution in [0.4, 0.5) is 14.5 Å². The summed E-state index contributed by atoms with van der Waals surface area (Å²) in [4.78, 5) is 1.23. The van der Waals surface area contributed by atoms with Gasteiger partial charge in [0, 0.05) is 4.88 Å². The number of hydrogen-bond acceptors (Lipinski definition) is 2. The number of hydrogen-bond donors (Lipinski definition) is 1. The molecule has 1 heterocycles. The maximum atomic E-state index is 13.6. The summed E-state index contributed by atoms with van der Waals surface area (Å²) in [6.45, 7) is 0. The van der Waals surface area contributed by atoms with Crippen molar-refractivity contribution in [1.82, 2.24) is 0 Å². The molecule has 94 valence electrons. The molecule has 0 saturated heterocycles. The van der Waals surface area contributed by atoms with E-state index in [-0.39, 0.29) is 11.7 Å². The van der Waals surface area contributed by atoms with Gasteiger partial charge in [-0.05, 0) is 36.6 Å². The van der Waals surface area contributed by atoms with E-state index in [4.69, 9.17) is 11.6 Å². The highest BCUT2D eigenvalue weighted by Crippen LogP contribution is 2.41. The standard InChI is InChI=1S/C13H10ClF2NS/c14-12-6-7-9(4-5-11(7)18-12)17-10-3-1-2-8(15)13(10)16/h1-3,6,9,17H,4-5H2. The molecular formula is C13H10ClF2NS. The summed E-state index contributed by atoms with van der Waals surface area (Å²) in [7, 11) is 0. The van der Waals surface area contributed by atoms with Gasteiger partial charge in [0.05, 0.1) is 16.1 Å². The highest BCUT2D eigenvalue weighted by molar-refractivity contribution is 7.16. The van der Waals surface area contributed by atoms with Crippen LogP contribution in [0.15, 0.2) is 24.3 Å². The molecule has 0 radical (unpaired) electrons. The Morgan fingerprint density at radius 1 is 1.33 bits per heavy atom. The Morgan fingerprint density at radius 2 is 2.17 bits per heavy atom. The fourth-order valence-corrected chi connectivity index (χ4v) is 3.64. The summed E-state index contributed by atoms with van der Waals surface area (Å²) in [5, 5.41) is 3.05. The van der Waals surface area contributed by atoms with Crippen LogP contribution in [-0.2, 0) is 6.42 Å². The van der Waals surface area contributed by atoms with Gasteiger partial charge >= 0.3 is 0 Å². The molecule has 5 heteroatoms. The summed E-state index contributed by atoms with van der Waals surface area (Å²) in [6, 6.07) is 6.08. The molecule has 1 N–H and O–H groups in total. The van der Waals surface area contributed by atoms with Gasteiger partial charge in [-0.3, -0.25) is 0 Å². The van der Waals surface area contributed by atoms with Crippen LogP contribution < -0.4 is 5.32 Å². The average molecular weight is 286 g/mol. The van der Waals surface area contributed by atoms with Gasteiger partial charge in [-0.25, -0.2) is 8.78 Å². The van der Waals surface area contributed by atoms with Gasteiger partial charge in [-0.15, -0.1) is 11.3 Å². The molecule has 0 bridgehead atoms. The molecule has 1 aromatic carbocycles. The first-order chi connectivity index (χ1) is 8.65. The minimum Gasteiger partial charge on any atom is -0.376 e. The van der Waals surface area contributed by atoms with Gasteiger partial charge in [0.25, 0.3) is 0 Å². The predicted molar refractivity (Wildman–Crippen MR) is 70.4 cm³/mol. The Kier molecular flexibility index (Phi) is 2.99. The maximum absolute atomic E-state index is 13.6. The van der Waals surface area contributed by atoms with Crippen molar-refractivity contribution in [1.29, 1.82) is 0 Å². The zero-order chi connectivity index (χ0) is 12.7. The molecule has 0 saturated carbocycles. The molecule has 1 aromatic heterocycles. The molecule has 1 unspecified atom stereocenters. The van der Waals surface area contributed by atoms with Crippen molar-refractivity contribution >= 4 is 28.6 Å². The van der Waals surface area contributed by atoms with Gasteiger partial charge in [0.1, 0.15) is 0 Å². The first kappa shape index (κ1) is 11.9. The highest BCUT2D eigenvalue weighted by atomic mass is 35.5. The summed E-state index contributed by atoms with van der Waals surface area (Å²) in [5.74, 6) is -1.66. The lowest BCUT2D eigenvalue weighted by molar-refractivity contribution is 0.509. The smallest absolute Gasteiger partial charge is 0.181 e. The number of thiophene rings is 1. The van der Waals surface area contributed by atoms with Gasteiger partial charge in [-0.1, -0.05) is 17.7 Å². The number of fused-ring (bicyclic) bond motifs is 1. The van der Waals surface area contributed by atoms with E-state index in [1.165, 1.54) is 10.9 Å². The van der Waals surface area contributed by atoms with Crippen LogP contribution in [0, 0.1) is 11.6 Å². The van der Waals surface area contributed by atoms with E-state index >= 15 is 0 Å². The van der Waals surface area contributed by atoms with Crippen LogP contribution in [0.2, 0.25) is 4.34 Å². The van der Waals surface area contributed by atoms with Crippen molar-refractivity contribution in [3.05, 3.63) is 50.7 Å². The second-order valence-electron chi connectivity index (χ2n) is 4.27. The van der Waals surface area contributed by atoms with E-state index < -0.39 is 11.6 Å².